The summed E-state index contributed by atoms with van der Waals surface area (Å²) in [6, 6.07) is 4.92. The molecule has 100 valence electrons. The zero-order valence-electron chi connectivity index (χ0n) is 9.93. The zero-order valence-corrected chi connectivity index (χ0v) is 12.3. The number of imidazole rings is 1. The molecule has 1 N–H and O–H groups in total. The quantitative estimate of drug-likeness (QED) is 0.873. The summed E-state index contributed by atoms with van der Waals surface area (Å²) >= 11 is 13.2. The van der Waals surface area contributed by atoms with E-state index in [2.05, 4.69) is 4.98 Å². The van der Waals surface area contributed by atoms with Crippen molar-refractivity contribution in [1.29, 1.82) is 0 Å². The van der Waals surface area contributed by atoms with Crippen LogP contribution in [0.4, 0.5) is 0 Å². The maximum Gasteiger partial charge on any atom is 0.337 e. The highest BCUT2D eigenvalue weighted by molar-refractivity contribution is 7.98. The number of carboxylic acids is 1. The van der Waals surface area contributed by atoms with Crippen LogP contribution in [0.2, 0.25) is 10.2 Å². The third-order valence-electron chi connectivity index (χ3n) is 2.56. The molecular weight excluding hydrogens is 307 g/mol. The lowest BCUT2D eigenvalue weighted by atomic mass is 10.2. The van der Waals surface area contributed by atoms with E-state index in [1.807, 2.05) is 7.05 Å². The van der Waals surface area contributed by atoms with Crippen molar-refractivity contribution in [1.82, 2.24) is 9.55 Å². The molecule has 0 saturated heterocycles. The molecule has 0 unspecified atom stereocenters. The minimum absolute atomic E-state index is 0.101. The van der Waals surface area contributed by atoms with Crippen molar-refractivity contribution in [2.45, 2.75) is 10.6 Å². The van der Waals surface area contributed by atoms with Gasteiger partial charge in [-0.25, -0.2) is 9.78 Å². The van der Waals surface area contributed by atoms with Crippen molar-refractivity contribution in [2.24, 2.45) is 7.05 Å². The molecule has 2 rings (SSSR count). The van der Waals surface area contributed by atoms with Crippen molar-refractivity contribution in [3.05, 3.63) is 46.0 Å². The maximum absolute atomic E-state index is 11.0. The minimum Gasteiger partial charge on any atom is -0.478 e. The van der Waals surface area contributed by atoms with Gasteiger partial charge in [-0.1, -0.05) is 23.2 Å². The van der Waals surface area contributed by atoms with Gasteiger partial charge in [-0.2, -0.15) is 0 Å². The predicted molar refractivity (Wildman–Crippen MR) is 76.2 cm³/mol. The van der Waals surface area contributed by atoms with Crippen LogP contribution in [0.25, 0.3) is 0 Å². The molecule has 1 heterocycles. The standard InChI is InChI=1S/C12H10Cl2N2O2S/c1-16-10(14)5-15-11(16)6-19-7-2-3-9(13)8(4-7)12(17)18/h2-5H,6H2,1H3,(H,17,18). The second-order valence-corrected chi connectivity index (χ2v) is 5.63. The van der Waals surface area contributed by atoms with Crippen molar-refractivity contribution in [3.63, 3.8) is 0 Å². The first kappa shape index (κ1) is 14.2. The van der Waals surface area contributed by atoms with E-state index in [-0.39, 0.29) is 10.6 Å². The topological polar surface area (TPSA) is 55.1 Å². The van der Waals surface area contributed by atoms with Crippen LogP contribution in [0.1, 0.15) is 16.2 Å². The molecule has 0 radical (unpaired) electrons. The summed E-state index contributed by atoms with van der Waals surface area (Å²) in [6.45, 7) is 0. The number of hydrogen-bond acceptors (Lipinski definition) is 3. The van der Waals surface area contributed by atoms with Gasteiger partial charge in [0.05, 0.1) is 22.5 Å². The van der Waals surface area contributed by atoms with E-state index in [9.17, 15) is 4.79 Å². The SMILES string of the molecule is Cn1c(Cl)cnc1CSc1ccc(Cl)c(C(=O)O)c1. The first-order valence-corrected chi connectivity index (χ1v) is 7.05. The Morgan fingerprint density at radius 3 is 2.79 bits per heavy atom. The summed E-state index contributed by atoms with van der Waals surface area (Å²) in [4.78, 5) is 16.0. The molecular formula is C12H10Cl2N2O2S. The van der Waals surface area contributed by atoms with Crippen LogP contribution in [0.3, 0.4) is 0 Å². The lowest BCUT2D eigenvalue weighted by Gasteiger charge is -2.05. The molecule has 0 aliphatic heterocycles. The number of nitrogens with zero attached hydrogens (tertiary/aromatic N) is 2. The van der Waals surface area contributed by atoms with E-state index >= 15 is 0 Å². The van der Waals surface area contributed by atoms with Crippen molar-refractivity contribution in [2.75, 3.05) is 0 Å². The summed E-state index contributed by atoms with van der Waals surface area (Å²) in [7, 11) is 1.83. The van der Waals surface area contributed by atoms with Crippen molar-refractivity contribution in [3.8, 4) is 0 Å². The monoisotopic (exact) mass is 316 g/mol. The summed E-state index contributed by atoms with van der Waals surface area (Å²) in [5, 5.41) is 9.80. The molecule has 0 aliphatic carbocycles. The van der Waals surface area contributed by atoms with Gasteiger partial charge in [-0.3, -0.25) is 0 Å². The van der Waals surface area contributed by atoms with Gasteiger partial charge < -0.3 is 9.67 Å². The number of benzene rings is 1. The number of rotatable bonds is 4. The largest absolute Gasteiger partial charge is 0.478 e. The predicted octanol–water partition coefficient (Wildman–Crippen LogP) is 3.72. The lowest BCUT2D eigenvalue weighted by molar-refractivity contribution is 0.0697. The second-order valence-electron chi connectivity index (χ2n) is 3.79. The summed E-state index contributed by atoms with van der Waals surface area (Å²) in [5.41, 5.74) is 0.101. The number of carboxylic acid groups (broad SMARTS) is 1. The molecule has 19 heavy (non-hydrogen) atoms. The number of aromatic carboxylic acids is 1. The number of thioether (sulfide) groups is 1. The lowest BCUT2D eigenvalue weighted by Crippen LogP contribution is -1.98. The molecule has 0 saturated carbocycles. The first-order chi connectivity index (χ1) is 8.99. The molecule has 0 spiro atoms. The number of carbonyl (C=O) groups is 1. The fourth-order valence-electron chi connectivity index (χ4n) is 1.46. The number of aromatic nitrogens is 2. The van der Waals surface area contributed by atoms with Crippen molar-refractivity contribution >= 4 is 40.9 Å². The smallest absolute Gasteiger partial charge is 0.337 e. The molecule has 7 heteroatoms. The van der Waals surface area contributed by atoms with Crippen LogP contribution in [0, 0.1) is 0 Å². The molecule has 0 aliphatic rings. The second kappa shape index (κ2) is 5.86. The van der Waals surface area contributed by atoms with Crippen LogP contribution in [-0.4, -0.2) is 20.6 Å². The van der Waals surface area contributed by atoms with Crippen LogP contribution in [0.5, 0.6) is 0 Å². The zero-order chi connectivity index (χ0) is 14.0. The van der Waals surface area contributed by atoms with E-state index in [0.29, 0.717) is 10.9 Å². The molecule has 1 aromatic heterocycles. The molecule has 2 aromatic rings. The molecule has 1 aromatic carbocycles. The Morgan fingerprint density at radius 1 is 1.47 bits per heavy atom. The van der Waals surface area contributed by atoms with Gasteiger partial charge in [-0.15, -0.1) is 11.8 Å². The molecule has 4 nitrogen and oxygen atoms in total. The molecule has 0 bridgehead atoms. The van der Waals surface area contributed by atoms with Crippen LogP contribution >= 0.6 is 35.0 Å². The third-order valence-corrected chi connectivity index (χ3v) is 4.23. The van der Waals surface area contributed by atoms with Gasteiger partial charge in [0, 0.05) is 11.9 Å². The molecule has 0 atom stereocenters. The van der Waals surface area contributed by atoms with E-state index in [0.717, 1.165) is 10.7 Å². The van der Waals surface area contributed by atoms with E-state index in [1.54, 1.807) is 29.0 Å². The minimum atomic E-state index is -1.03. The van der Waals surface area contributed by atoms with E-state index in [4.69, 9.17) is 28.3 Å². The Bertz CT molecular complexity index is 628. The molecule has 0 amide bonds. The van der Waals surface area contributed by atoms with Gasteiger partial charge in [0.15, 0.2) is 0 Å². The Labute approximate surface area is 124 Å². The highest BCUT2D eigenvalue weighted by atomic mass is 35.5. The Balaban J connectivity index is 2.14. The Morgan fingerprint density at radius 2 is 2.21 bits per heavy atom. The summed E-state index contributed by atoms with van der Waals surface area (Å²) < 4.78 is 1.78. The van der Waals surface area contributed by atoms with Gasteiger partial charge in [-0.05, 0) is 18.2 Å². The fraction of sp³-hybridized carbons (Fsp3) is 0.167. The average Bonchev–Trinajstić information content (AvgIpc) is 2.69. The van der Waals surface area contributed by atoms with E-state index in [1.165, 1.54) is 11.8 Å². The van der Waals surface area contributed by atoms with E-state index < -0.39 is 5.97 Å². The highest BCUT2D eigenvalue weighted by Crippen LogP contribution is 2.27. The van der Waals surface area contributed by atoms with Crippen LogP contribution in [-0.2, 0) is 12.8 Å². The Hall–Kier alpha value is -1.17. The van der Waals surface area contributed by atoms with Gasteiger partial charge in [0.25, 0.3) is 0 Å². The summed E-state index contributed by atoms with van der Waals surface area (Å²) in [6.07, 6.45) is 1.59. The first-order valence-electron chi connectivity index (χ1n) is 5.30. The van der Waals surface area contributed by atoms with Gasteiger partial charge in [0.2, 0.25) is 0 Å². The van der Waals surface area contributed by atoms with Gasteiger partial charge in [0.1, 0.15) is 11.0 Å². The molecule has 0 fully saturated rings. The highest BCUT2D eigenvalue weighted by Gasteiger charge is 2.11. The maximum atomic E-state index is 11.0. The number of halogens is 2. The summed E-state index contributed by atoms with van der Waals surface area (Å²) in [5.74, 6) is 0.388. The normalized spacial score (nSPS) is 10.7. The van der Waals surface area contributed by atoms with Crippen molar-refractivity contribution < 1.29 is 9.90 Å². The van der Waals surface area contributed by atoms with Gasteiger partial charge >= 0.3 is 5.97 Å². The van der Waals surface area contributed by atoms with Crippen LogP contribution in [0.15, 0.2) is 29.3 Å². The average molecular weight is 317 g/mol. The fourth-order valence-corrected chi connectivity index (χ4v) is 2.74. The van der Waals surface area contributed by atoms with Crippen LogP contribution < -0.4 is 0 Å². The third kappa shape index (κ3) is 3.23. The Kier molecular flexibility index (Phi) is 4.39. The number of hydrogen-bond donors (Lipinski definition) is 1.